The summed E-state index contributed by atoms with van der Waals surface area (Å²) in [5.41, 5.74) is 0.495. The van der Waals surface area contributed by atoms with Gasteiger partial charge in [-0.15, -0.1) is 0 Å². The summed E-state index contributed by atoms with van der Waals surface area (Å²) in [6, 6.07) is 13.5. The molecular weight excluding hydrogens is 569 g/mol. The van der Waals surface area contributed by atoms with E-state index in [1.165, 1.54) is 18.2 Å². The van der Waals surface area contributed by atoms with Gasteiger partial charge in [0.1, 0.15) is 11.4 Å². The number of amides is 1. The van der Waals surface area contributed by atoms with E-state index in [1.807, 2.05) is 0 Å². The quantitative estimate of drug-likeness (QED) is 0.323. The highest BCUT2D eigenvalue weighted by atomic mass is 35.5. The molecule has 1 amide bonds. The van der Waals surface area contributed by atoms with E-state index in [2.05, 4.69) is 10.5 Å². The zero-order valence-electron chi connectivity index (χ0n) is 20.6. The van der Waals surface area contributed by atoms with E-state index in [9.17, 15) is 23.1 Å². The summed E-state index contributed by atoms with van der Waals surface area (Å²) < 4.78 is 50.3. The van der Waals surface area contributed by atoms with Crippen molar-refractivity contribution in [3.05, 3.63) is 98.8 Å². The fourth-order valence-corrected chi connectivity index (χ4v) is 5.60. The number of hydrogen-bond acceptors (Lipinski definition) is 5. The minimum absolute atomic E-state index is 0.0362. The van der Waals surface area contributed by atoms with Crippen LogP contribution in [0.3, 0.4) is 0 Å². The summed E-state index contributed by atoms with van der Waals surface area (Å²) in [7, 11) is 0.440. The van der Waals surface area contributed by atoms with E-state index in [1.54, 1.807) is 34.9 Å². The van der Waals surface area contributed by atoms with Crippen LogP contribution >= 0.6 is 23.2 Å². The number of alkyl halides is 3. The van der Waals surface area contributed by atoms with E-state index in [0.717, 1.165) is 23.2 Å². The fraction of sp³-hybridized carbons (Fsp3) is 0.185. The Morgan fingerprint density at radius 3 is 2.67 bits per heavy atom. The maximum absolute atomic E-state index is 14.4. The molecule has 0 fully saturated rings. The number of phenolic OH excluding ortho intramolecular Hbond substituents is 1. The van der Waals surface area contributed by atoms with Crippen LogP contribution in [-0.4, -0.2) is 34.8 Å². The first-order valence-corrected chi connectivity index (χ1v) is 12.9. The lowest BCUT2D eigenvalue weighted by Crippen LogP contribution is -2.42. The molecule has 0 saturated carbocycles. The second-order valence-corrected chi connectivity index (χ2v) is 10.5. The Kier molecular flexibility index (Phi) is 6.48. The number of hydrogen-bond donors (Lipinski definition) is 2. The van der Waals surface area contributed by atoms with E-state index >= 15 is 0 Å². The predicted molar refractivity (Wildman–Crippen MR) is 145 cm³/mol. The molecule has 2 aromatic heterocycles. The molecule has 7 nitrogen and oxygen atoms in total. The highest BCUT2D eigenvalue weighted by Crippen LogP contribution is 2.50. The van der Waals surface area contributed by atoms with Crippen LogP contribution in [0, 0.1) is 0 Å². The molecule has 0 bridgehead atoms. The average Bonchev–Trinajstić information content (AvgIpc) is 3.65. The van der Waals surface area contributed by atoms with E-state index in [-0.39, 0.29) is 39.3 Å². The molecule has 0 saturated heterocycles. The Bertz CT molecular complexity index is 1690. The van der Waals surface area contributed by atoms with E-state index in [0.29, 0.717) is 30.7 Å². The molecule has 6 rings (SSSR count). The van der Waals surface area contributed by atoms with Gasteiger partial charge in [-0.1, -0.05) is 34.4 Å². The molecule has 4 heterocycles. The summed E-state index contributed by atoms with van der Waals surface area (Å²) in [4.78, 5) is 18.3. The van der Waals surface area contributed by atoms with Gasteiger partial charge in [-0.2, -0.15) is 13.2 Å². The zero-order chi connectivity index (χ0) is 28.2. The van der Waals surface area contributed by atoms with Crippen LogP contribution in [0.5, 0.6) is 5.75 Å². The van der Waals surface area contributed by atoms with Crippen molar-refractivity contribution in [3.63, 3.8) is 0 Å². The van der Waals surface area contributed by atoms with Crippen molar-refractivity contribution >= 4 is 53.3 Å². The van der Waals surface area contributed by atoms with Crippen LogP contribution in [-0.2, 0) is 28.2 Å². The van der Waals surface area contributed by atoms with Crippen molar-refractivity contribution in [2.45, 2.75) is 31.3 Å². The number of aromatic hydroxyl groups is 1. The number of carbonyl (C=O) groups is 1. The lowest BCUT2D eigenvalue weighted by molar-refractivity contribution is -0.275. The van der Waals surface area contributed by atoms with E-state index in [4.69, 9.17) is 32.7 Å². The first-order chi connectivity index (χ1) is 19.1. The Morgan fingerprint density at radius 2 is 1.93 bits per heavy atom. The minimum atomic E-state index is -4.83. The van der Waals surface area contributed by atoms with Gasteiger partial charge >= 0.3 is 13.7 Å². The zero-order valence-corrected chi connectivity index (χ0v) is 22.1. The largest absolute Gasteiger partial charge is 0.508 e. The Balaban J connectivity index is 1.28. The maximum Gasteiger partial charge on any atom is 0.435 e. The number of aromatic nitrogens is 1. The normalized spacial score (nSPS) is 18.3. The lowest BCUT2D eigenvalue weighted by Gasteiger charge is -2.29. The Hall–Kier alpha value is -3.67. The SMILES string of the molecule is O=C(NCc1cc2c(cc1O)COB2)c1ccc(C2=NOC(c3cc(Cl)cc(Cl)c3)(C(F)(F)F)C2)c2cccn12. The van der Waals surface area contributed by atoms with Crippen molar-refractivity contribution < 1.29 is 32.6 Å². The predicted octanol–water partition coefficient (Wildman–Crippen LogP) is 4.97. The number of benzene rings is 2. The fourth-order valence-electron chi connectivity index (χ4n) is 5.08. The number of pyridine rings is 1. The van der Waals surface area contributed by atoms with Gasteiger partial charge in [-0.05, 0) is 59.6 Å². The molecule has 40 heavy (non-hydrogen) atoms. The topological polar surface area (TPSA) is 84.6 Å². The van der Waals surface area contributed by atoms with Gasteiger partial charge in [-0.3, -0.25) is 4.79 Å². The summed E-state index contributed by atoms with van der Waals surface area (Å²) >= 11 is 12.0. The molecule has 2 aliphatic rings. The number of nitrogens with zero attached hydrogens (tertiary/aromatic N) is 2. The molecule has 1 unspecified atom stereocenters. The van der Waals surface area contributed by atoms with Crippen molar-refractivity contribution in [1.29, 1.82) is 0 Å². The molecular formula is C27H19BCl2F3N3O4. The average molecular weight is 588 g/mol. The van der Waals surface area contributed by atoms with Crippen LogP contribution in [0.2, 0.25) is 10.0 Å². The number of halogens is 5. The van der Waals surface area contributed by atoms with Gasteiger partial charge < -0.3 is 24.3 Å². The third kappa shape index (κ3) is 4.48. The minimum Gasteiger partial charge on any atom is -0.508 e. The third-order valence-electron chi connectivity index (χ3n) is 7.11. The summed E-state index contributed by atoms with van der Waals surface area (Å²) in [5, 5.41) is 17.0. The molecule has 1 atom stereocenters. The van der Waals surface area contributed by atoms with Crippen LogP contribution in [0.4, 0.5) is 13.2 Å². The number of nitrogens with one attached hydrogen (secondary N) is 1. The molecule has 0 radical (unpaired) electrons. The molecule has 0 aliphatic carbocycles. The smallest absolute Gasteiger partial charge is 0.435 e. The van der Waals surface area contributed by atoms with Gasteiger partial charge in [0.15, 0.2) is 0 Å². The first kappa shape index (κ1) is 26.6. The van der Waals surface area contributed by atoms with Crippen molar-refractivity contribution in [3.8, 4) is 5.75 Å². The van der Waals surface area contributed by atoms with Crippen molar-refractivity contribution in [2.24, 2.45) is 5.16 Å². The highest BCUT2D eigenvalue weighted by Gasteiger charge is 2.62. The molecule has 0 spiro atoms. The lowest BCUT2D eigenvalue weighted by atomic mass is 9.86. The van der Waals surface area contributed by atoms with Crippen LogP contribution < -0.4 is 10.8 Å². The Morgan fingerprint density at radius 1 is 1.15 bits per heavy atom. The van der Waals surface area contributed by atoms with Crippen molar-refractivity contribution in [1.82, 2.24) is 9.72 Å². The molecule has 204 valence electrons. The number of fused-ring (bicyclic) bond motifs is 2. The number of oxime groups is 1. The van der Waals surface area contributed by atoms with Crippen molar-refractivity contribution in [2.75, 3.05) is 0 Å². The molecule has 2 N–H and O–H groups in total. The molecule has 13 heteroatoms. The molecule has 2 aromatic carbocycles. The summed E-state index contributed by atoms with van der Waals surface area (Å²) in [5.74, 6) is -0.383. The van der Waals surface area contributed by atoms with Crippen LogP contribution in [0.25, 0.3) is 5.52 Å². The maximum atomic E-state index is 14.4. The highest BCUT2D eigenvalue weighted by molar-refractivity contribution is 6.48. The van der Waals surface area contributed by atoms with Gasteiger partial charge in [0.25, 0.3) is 11.5 Å². The van der Waals surface area contributed by atoms with Gasteiger partial charge in [-0.25, -0.2) is 0 Å². The number of phenols is 1. The second-order valence-electron chi connectivity index (χ2n) is 9.61. The van der Waals surface area contributed by atoms with Gasteiger partial charge in [0.2, 0.25) is 0 Å². The molecule has 2 aliphatic heterocycles. The Labute approximate surface area is 236 Å². The number of rotatable bonds is 5. The number of carbonyl (C=O) groups excluding carboxylic acids is 1. The summed E-state index contributed by atoms with van der Waals surface area (Å²) in [6.07, 6.45) is -3.83. The summed E-state index contributed by atoms with van der Waals surface area (Å²) in [6.45, 7) is 0.500. The third-order valence-corrected chi connectivity index (χ3v) is 7.54. The molecule has 4 aromatic rings. The van der Waals surface area contributed by atoms with Crippen LogP contribution in [0.15, 0.2) is 65.9 Å². The standard InChI is InChI=1S/C27H19BCl2F3N3O4/c29-17-8-16(9-18(30)10-17)26(27(31,32)33)11-21(35-40-26)19-3-4-23(36-5-1-2-22(19)36)25(38)34-12-14-6-20-15(7-24(14)37)13-39-28-20/h1-10,28,37H,11-13H2,(H,34,38). The first-order valence-electron chi connectivity index (χ1n) is 12.1. The van der Waals surface area contributed by atoms with Gasteiger partial charge in [0.05, 0.1) is 24.3 Å². The van der Waals surface area contributed by atoms with E-state index < -0.39 is 24.1 Å². The van der Waals surface area contributed by atoms with Gasteiger partial charge in [0, 0.05) is 39.5 Å². The van der Waals surface area contributed by atoms with Crippen LogP contribution in [0.1, 0.15) is 39.2 Å². The monoisotopic (exact) mass is 587 g/mol. The second kappa shape index (κ2) is 9.76.